The Balaban J connectivity index is 1.61. The van der Waals surface area contributed by atoms with E-state index in [9.17, 15) is 9.59 Å². The number of nitrogens with one attached hydrogen (secondary N) is 2. The van der Waals surface area contributed by atoms with E-state index in [-0.39, 0.29) is 5.89 Å². The highest BCUT2D eigenvalue weighted by Gasteiger charge is 2.14. The maximum Gasteiger partial charge on any atom is 0.347 e. The van der Waals surface area contributed by atoms with E-state index in [1.807, 2.05) is 0 Å². The van der Waals surface area contributed by atoms with Crippen molar-refractivity contribution in [3.63, 3.8) is 0 Å². The number of amides is 2. The third-order valence-corrected chi connectivity index (χ3v) is 4.29. The number of aromatic nitrogens is 1. The Bertz CT molecular complexity index is 1230. The quantitative estimate of drug-likeness (QED) is 0.537. The number of benzene rings is 3. The molecular formula is C22H17N3O4. The van der Waals surface area contributed by atoms with Gasteiger partial charge in [-0.2, -0.15) is 0 Å². The van der Waals surface area contributed by atoms with Crippen LogP contribution >= 0.6 is 0 Å². The zero-order valence-electron chi connectivity index (χ0n) is 15.5. The minimum Gasteiger partial charge on any atom is -0.497 e. The van der Waals surface area contributed by atoms with Gasteiger partial charge in [0.1, 0.15) is 5.75 Å². The molecule has 0 saturated carbocycles. The summed E-state index contributed by atoms with van der Waals surface area (Å²) >= 11 is 0. The van der Waals surface area contributed by atoms with Gasteiger partial charge in [0.05, 0.1) is 29.3 Å². The maximum absolute atomic E-state index is 12.4. The van der Waals surface area contributed by atoms with Gasteiger partial charge in [-0.25, -0.2) is 14.6 Å². The molecule has 144 valence electrons. The number of nitrogens with zero attached hydrogens (tertiary/aromatic N) is 1. The SMILES string of the molecule is COc1ccc(NC(=O)Nc2ccccc2-c2nc3ccccc3c(=O)o2)cc1. The monoisotopic (exact) mass is 387 g/mol. The normalized spacial score (nSPS) is 10.5. The molecule has 0 aliphatic rings. The predicted molar refractivity (Wildman–Crippen MR) is 111 cm³/mol. The number of methoxy groups -OCH3 is 1. The van der Waals surface area contributed by atoms with E-state index in [2.05, 4.69) is 15.6 Å². The number of ether oxygens (including phenoxy) is 1. The lowest BCUT2D eigenvalue weighted by Crippen LogP contribution is -2.20. The third-order valence-electron chi connectivity index (χ3n) is 4.29. The number of para-hydroxylation sites is 2. The van der Waals surface area contributed by atoms with Gasteiger partial charge >= 0.3 is 11.7 Å². The fraction of sp³-hybridized carbons (Fsp3) is 0.0455. The largest absolute Gasteiger partial charge is 0.497 e. The van der Waals surface area contributed by atoms with Crippen LogP contribution in [0.1, 0.15) is 0 Å². The molecule has 0 unspecified atom stereocenters. The van der Waals surface area contributed by atoms with E-state index < -0.39 is 11.7 Å². The second-order valence-corrected chi connectivity index (χ2v) is 6.18. The summed E-state index contributed by atoms with van der Waals surface area (Å²) in [6, 6.07) is 20.4. The molecule has 0 bridgehead atoms. The smallest absolute Gasteiger partial charge is 0.347 e. The Hall–Kier alpha value is -4.13. The first kappa shape index (κ1) is 18.2. The van der Waals surface area contributed by atoms with Crippen molar-refractivity contribution in [2.75, 3.05) is 17.7 Å². The zero-order valence-corrected chi connectivity index (χ0v) is 15.5. The van der Waals surface area contributed by atoms with Crippen molar-refractivity contribution in [3.05, 3.63) is 83.2 Å². The molecule has 0 aliphatic carbocycles. The lowest BCUT2D eigenvalue weighted by atomic mass is 10.1. The first-order valence-electron chi connectivity index (χ1n) is 8.85. The molecule has 0 spiro atoms. The van der Waals surface area contributed by atoms with E-state index in [4.69, 9.17) is 9.15 Å². The van der Waals surface area contributed by atoms with Crippen molar-refractivity contribution in [2.45, 2.75) is 0 Å². The number of carbonyl (C=O) groups is 1. The maximum atomic E-state index is 12.4. The Morgan fingerprint density at radius 1 is 0.931 bits per heavy atom. The molecule has 0 atom stereocenters. The van der Waals surface area contributed by atoms with Gasteiger partial charge in [0, 0.05) is 5.69 Å². The van der Waals surface area contributed by atoms with Crippen LogP contribution in [0.2, 0.25) is 0 Å². The molecule has 0 aliphatic heterocycles. The molecule has 0 radical (unpaired) electrons. The van der Waals surface area contributed by atoms with Crippen LogP contribution in [-0.4, -0.2) is 18.1 Å². The summed E-state index contributed by atoms with van der Waals surface area (Å²) in [6.45, 7) is 0. The summed E-state index contributed by atoms with van der Waals surface area (Å²) < 4.78 is 10.5. The second-order valence-electron chi connectivity index (χ2n) is 6.18. The van der Waals surface area contributed by atoms with Crippen LogP contribution < -0.4 is 21.0 Å². The Morgan fingerprint density at radius 3 is 2.45 bits per heavy atom. The van der Waals surface area contributed by atoms with Gasteiger partial charge in [-0.15, -0.1) is 0 Å². The van der Waals surface area contributed by atoms with Crippen molar-refractivity contribution in [3.8, 4) is 17.2 Å². The van der Waals surface area contributed by atoms with Gasteiger partial charge in [-0.05, 0) is 48.5 Å². The zero-order chi connectivity index (χ0) is 20.2. The van der Waals surface area contributed by atoms with Crippen molar-refractivity contribution in [1.29, 1.82) is 0 Å². The van der Waals surface area contributed by atoms with Crippen molar-refractivity contribution < 1.29 is 13.9 Å². The van der Waals surface area contributed by atoms with Gasteiger partial charge < -0.3 is 19.8 Å². The highest BCUT2D eigenvalue weighted by Crippen LogP contribution is 2.27. The first-order chi connectivity index (χ1) is 14.1. The highest BCUT2D eigenvalue weighted by molar-refractivity contribution is 6.02. The number of fused-ring (bicyclic) bond motifs is 1. The number of anilines is 2. The lowest BCUT2D eigenvalue weighted by molar-refractivity contribution is 0.262. The van der Waals surface area contributed by atoms with Crippen LogP contribution in [0.25, 0.3) is 22.4 Å². The summed E-state index contributed by atoms with van der Waals surface area (Å²) in [6.07, 6.45) is 0. The molecule has 0 fully saturated rings. The molecule has 29 heavy (non-hydrogen) atoms. The van der Waals surface area contributed by atoms with Crippen LogP contribution in [0.5, 0.6) is 5.75 Å². The van der Waals surface area contributed by atoms with E-state index >= 15 is 0 Å². The molecule has 4 rings (SSSR count). The Labute approximate surface area is 166 Å². The minimum absolute atomic E-state index is 0.133. The molecule has 0 saturated heterocycles. The third kappa shape index (κ3) is 3.93. The van der Waals surface area contributed by atoms with E-state index in [1.54, 1.807) is 79.9 Å². The van der Waals surface area contributed by atoms with E-state index in [0.29, 0.717) is 33.6 Å². The molecule has 1 aromatic heterocycles. The van der Waals surface area contributed by atoms with Crippen molar-refractivity contribution in [2.24, 2.45) is 0 Å². The molecule has 2 N–H and O–H groups in total. The van der Waals surface area contributed by atoms with Crippen LogP contribution in [-0.2, 0) is 0 Å². The van der Waals surface area contributed by atoms with Gasteiger partial charge in [0.15, 0.2) is 0 Å². The van der Waals surface area contributed by atoms with E-state index in [1.165, 1.54) is 0 Å². The number of hydrogen-bond acceptors (Lipinski definition) is 5. The van der Waals surface area contributed by atoms with Crippen molar-refractivity contribution in [1.82, 2.24) is 4.98 Å². The number of hydrogen-bond donors (Lipinski definition) is 2. The van der Waals surface area contributed by atoms with Crippen LogP contribution in [0.15, 0.2) is 82.0 Å². The summed E-state index contributed by atoms with van der Waals surface area (Å²) in [5.74, 6) is 0.827. The predicted octanol–water partition coefficient (Wildman–Crippen LogP) is 4.51. The Kier molecular flexibility index (Phi) is 4.94. The van der Waals surface area contributed by atoms with E-state index in [0.717, 1.165) is 0 Å². The molecular weight excluding hydrogens is 370 g/mol. The minimum atomic E-state index is -0.483. The summed E-state index contributed by atoms with van der Waals surface area (Å²) in [7, 11) is 1.57. The Morgan fingerprint density at radius 2 is 1.66 bits per heavy atom. The molecule has 4 aromatic rings. The van der Waals surface area contributed by atoms with Crippen LogP contribution in [0.4, 0.5) is 16.2 Å². The summed E-state index contributed by atoms with van der Waals surface area (Å²) in [4.78, 5) is 29.1. The second kappa shape index (κ2) is 7.85. The average molecular weight is 387 g/mol. The van der Waals surface area contributed by atoms with Crippen LogP contribution in [0, 0.1) is 0 Å². The molecule has 7 heteroatoms. The topological polar surface area (TPSA) is 93.5 Å². The lowest BCUT2D eigenvalue weighted by Gasteiger charge is -2.11. The van der Waals surface area contributed by atoms with Crippen LogP contribution in [0.3, 0.4) is 0 Å². The van der Waals surface area contributed by atoms with Gasteiger partial charge in [-0.1, -0.05) is 24.3 Å². The first-order valence-corrected chi connectivity index (χ1v) is 8.85. The van der Waals surface area contributed by atoms with Gasteiger partial charge in [0.2, 0.25) is 5.89 Å². The summed E-state index contributed by atoms with van der Waals surface area (Å²) in [5, 5.41) is 5.92. The number of rotatable bonds is 4. The molecule has 2 amide bonds. The average Bonchev–Trinajstić information content (AvgIpc) is 2.74. The molecule has 7 nitrogen and oxygen atoms in total. The molecule has 3 aromatic carbocycles. The fourth-order valence-electron chi connectivity index (χ4n) is 2.87. The summed E-state index contributed by atoms with van der Waals surface area (Å²) in [5.41, 5.74) is 1.61. The number of urea groups is 1. The van der Waals surface area contributed by atoms with Crippen molar-refractivity contribution >= 4 is 28.3 Å². The standard InChI is InChI=1S/C22H17N3O4/c1-28-15-12-10-14(11-13-15)23-22(27)25-18-8-4-2-6-16(18)20-24-19-9-5-3-7-17(19)21(26)29-20/h2-13H,1H3,(H2,23,25,27). The van der Waals surface area contributed by atoms with Gasteiger partial charge in [-0.3, -0.25) is 0 Å². The number of carbonyl (C=O) groups excluding carboxylic acids is 1. The highest BCUT2D eigenvalue weighted by atomic mass is 16.5. The molecule has 1 heterocycles. The fourth-order valence-corrected chi connectivity index (χ4v) is 2.87. The van der Waals surface area contributed by atoms with Gasteiger partial charge in [0.25, 0.3) is 0 Å².